The zero-order valence-corrected chi connectivity index (χ0v) is 11.7. The van der Waals surface area contributed by atoms with Crippen LogP contribution in [0.25, 0.3) is 0 Å². The molecule has 0 atom stereocenters. The molecule has 0 saturated heterocycles. The summed E-state index contributed by atoms with van der Waals surface area (Å²) in [6.07, 6.45) is 0.978. The number of hydrogen-bond donors (Lipinski definition) is 2. The summed E-state index contributed by atoms with van der Waals surface area (Å²) in [5.74, 6) is -0.964. The van der Waals surface area contributed by atoms with E-state index in [9.17, 15) is 14.4 Å². The van der Waals surface area contributed by atoms with Crippen molar-refractivity contribution < 1.29 is 14.6 Å². The standard InChI is InChI=1S/C13H11ClN2O5/c1-21-10-4-2-3-9(14)7(10)5-16-6-8(12(18)19)11(17)15-13(16)20/h2-4,6H,5H2,1H3,(H,18,19)(H,15,17,20). The number of carboxylic acid groups (broad SMARTS) is 1. The number of hydrogen-bond acceptors (Lipinski definition) is 4. The van der Waals surface area contributed by atoms with E-state index in [1.807, 2.05) is 4.98 Å². The molecule has 7 nitrogen and oxygen atoms in total. The summed E-state index contributed by atoms with van der Waals surface area (Å²) in [5.41, 5.74) is -1.70. The van der Waals surface area contributed by atoms with Crippen LogP contribution >= 0.6 is 11.6 Å². The fourth-order valence-corrected chi connectivity index (χ4v) is 2.06. The Balaban J connectivity index is 2.55. The highest BCUT2D eigenvalue weighted by atomic mass is 35.5. The molecule has 0 spiro atoms. The van der Waals surface area contributed by atoms with Gasteiger partial charge in [0.1, 0.15) is 11.3 Å². The number of aromatic nitrogens is 2. The molecule has 0 aliphatic heterocycles. The third-order valence-corrected chi connectivity index (χ3v) is 3.22. The van der Waals surface area contributed by atoms with Crippen LogP contribution < -0.4 is 16.0 Å². The van der Waals surface area contributed by atoms with Gasteiger partial charge in [-0.25, -0.2) is 9.59 Å². The summed E-state index contributed by atoms with van der Waals surface area (Å²) in [5, 5.41) is 9.28. The third kappa shape index (κ3) is 2.97. The molecular formula is C13H11ClN2O5. The highest BCUT2D eigenvalue weighted by Crippen LogP contribution is 2.26. The van der Waals surface area contributed by atoms with Crippen LogP contribution in [0.2, 0.25) is 5.02 Å². The molecule has 0 bridgehead atoms. The van der Waals surface area contributed by atoms with Crippen LogP contribution in [0.3, 0.4) is 0 Å². The predicted octanol–water partition coefficient (Wildman–Crippen LogP) is 0.945. The molecule has 0 aliphatic carbocycles. The molecule has 0 unspecified atom stereocenters. The average molecular weight is 311 g/mol. The summed E-state index contributed by atoms with van der Waals surface area (Å²) < 4.78 is 6.20. The summed E-state index contributed by atoms with van der Waals surface area (Å²) in [4.78, 5) is 36.0. The lowest BCUT2D eigenvalue weighted by atomic mass is 10.2. The SMILES string of the molecule is COc1cccc(Cl)c1Cn1cc(C(=O)O)c(=O)[nH]c1=O. The monoisotopic (exact) mass is 310 g/mol. The zero-order chi connectivity index (χ0) is 15.6. The first-order chi connectivity index (χ1) is 9.93. The molecular weight excluding hydrogens is 300 g/mol. The molecule has 0 aliphatic rings. The van der Waals surface area contributed by atoms with Crippen LogP contribution in [0.5, 0.6) is 5.75 Å². The summed E-state index contributed by atoms with van der Waals surface area (Å²) in [7, 11) is 1.45. The Morgan fingerprint density at radius 2 is 2.14 bits per heavy atom. The van der Waals surface area contributed by atoms with Crippen molar-refractivity contribution >= 4 is 17.6 Å². The smallest absolute Gasteiger partial charge is 0.342 e. The Morgan fingerprint density at radius 3 is 2.76 bits per heavy atom. The van der Waals surface area contributed by atoms with Crippen molar-refractivity contribution in [2.45, 2.75) is 6.54 Å². The number of rotatable bonds is 4. The van der Waals surface area contributed by atoms with Gasteiger partial charge in [0.2, 0.25) is 0 Å². The van der Waals surface area contributed by atoms with Gasteiger partial charge in [-0.2, -0.15) is 0 Å². The van der Waals surface area contributed by atoms with Gasteiger partial charge in [0.05, 0.1) is 13.7 Å². The Bertz CT molecular complexity index is 809. The fraction of sp³-hybridized carbons (Fsp3) is 0.154. The second-order valence-corrected chi connectivity index (χ2v) is 4.56. The fourth-order valence-electron chi connectivity index (χ4n) is 1.83. The minimum Gasteiger partial charge on any atom is -0.496 e. The van der Waals surface area contributed by atoms with Crippen molar-refractivity contribution in [1.82, 2.24) is 9.55 Å². The van der Waals surface area contributed by atoms with E-state index in [4.69, 9.17) is 21.4 Å². The van der Waals surface area contributed by atoms with E-state index in [0.29, 0.717) is 16.3 Å². The van der Waals surface area contributed by atoms with Crippen LogP contribution in [0.1, 0.15) is 15.9 Å². The number of H-pyrrole nitrogens is 1. The molecule has 2 N–H and O–H groups in total. The van der Waals surface area contributed by atoms with Crippen LogP contribution in [0.15, 0.2) is 34.0 Å². The maximum absolute atomic E-state index is 11.8. The third-order valence-electron chi connectivity index (χ3n) is 2.87. The molecule has 0 amide bonds. The van der Waals surface area contributed by atoms with Crippen molar-refractivity contribution in [1.29, 1.82) is 0 Å². The number of ether oxygens (including phenoxy) is 1. The van der Waals surface area contributed by atoms with Gasteiger partial charge in [-0.15, -0.1) is 0 Å². The Morgan fingerprint density at radius 1 is 1.43 bits per heavy atom. The van der Waals surface area contributed by atoms with Crippen molar-refractivity contribution in [2.24, 2.45) is 0 Å². The van der Waals surface area contributed by atoms with Gasteiger partial charge in [0.25, 0.3) is 5.56 Å². The maximum atomic E-state index is 11.8. The van der Waals surface area contributed by atoms with Gasteiger partial charge in [0, 0.05) is 16.8 Å². The first-order valence-corrected chi connectivity index (χ1v) is 6.20. The largest absolute Gasteiger partial charge is 0.496 e. The Hall–Kier alpha value is -2.54. The van der Waals surface area contributed by atoms with Gasteiger partial charge in [0.15, 0.2) is 0 Å². The van der Waals surface area contributed by atoms with E-state index in [1.165, 1.54) is 7.11 Å². The molecule has 0 fully saturated rings. The Labute approximate surface area is 123 Å². The van der Waals surface area contributed by atoms with Gasteiger partial charge in [-0.05, 0) is 12.1 Å². The van der Waals surface area contributed by atoms with E-state index < -0.39 is 22.8 Å². The predicted molar refractivity (Wildman–Crippen MR) is 75.4 cm³/mol. The van der Waals surface area contributed by atoms with Crippen LogP contribution in [0, 0.1) is 0 Å². The highest BCUT2D eigenvalue weighted by molar-refractivity contribution is 6.31. The molecule has 0 radical (unpaired) electrons. The van der Waals surface area contributed by atoms with Crippen molar-refractivity contribution in [3.63, 3.8) is 0 Å². The minimum absolute atomic E-state index is 0.0290. The van der Waals surface area contributed by atoms with Crippen molar-refractivity contribution in [3.8, 4) is 5.75 Å². The van der Waals surface area contributed by atoms with Gasteiger partial charge in [-0.3, -0.25) is 14.3 Å². The second kappa shape index (κ2) is 5.84. The maximum Gasteiger partial charge on any atom is 0.342 e. The molecule has 8 heteroatoms. The second-order valence-electron chi connectivity index (χ2n) is 4.16. The molecule has 21 heavy (non-hydrogen) atoms. The number of nitrogens with zero attached hydrogens (tertiary/aromatic N) is 1. The van der Waals surface area contributed by atoms with Crippen LogP contribution in [0.4, 0.5) is 0 Å². The van der Waals surface area contributed by atoms with Crippen LogP contribution in [-0.4, -0.2) is 27.7 Å². The minimum atomic E-state index is -1.42. The highest BCUT2D eigenvalue weighted by Gasteiger charge is 2.14. The molecule has 2 aromatic rings. The average Bonchev–Trinajstić information content (AvgIpc) is 2.43. The van der Waals surface area contributed by atoms with E-state index >= 15 is 0 Å². The number of aromatic carboxylic acids is 1. The molecule has 0 saturated carbocycles. The number of halogens is 1. The number of methoxy groups -OCH3 is 1. The molecule has 1 aromatic carbocycles. The summed E-state index contributed by atoms with van der Waals surface area (Å²) in [6.45, 7) is -0.0290. The Kier molecular flexibility index (Phi) is 4.13. The lowest BCUT2D eigenvalue weighted by Gasteiger charge is -2.12. The quantitative estimate of drug-likeness (QED) is 0.875. The summed E-state index contributed by atoms with van der Waals surface area (Å²) in [6, 6.07) is 4.97. The van der Waals surface area contributed by atoms with Crippen molar-refractivity contribution in [2.75, 3.05) is 7.11 Å². The molecule has 1 heterocycles. The normalized spacial score (nSPS) is 10.4. The zero-order valence-electron chi connectivity index (χ0n) is 10.9. The van der Waals surface area contributed by atoms with E-state index in [1.54, 1.807) is 18.2 Å². The molecule has 2 rings (SSSR count). The number of benzene rings is 1. The van der Waals surface area contributed by atoms with Crippen LogP contribution in [-0.2, 0) is 6.54 Å². The molecule has 110 valence electrons. The first kappa shape index (κ1) is 14.9. The number of aromatic amines is 1. The van der Waals surface area contributed by atoms with Gasteiger partial charge >= 0.3 is 11.7 Å². The lowest BCUT2D eigenvalue weighted by molar-refractivity contribution is 0.0693. The van der Waals surface area contributed by atoms with Gasteiger partial charge in [-0.1, -0.05) is 17.7 Å². The van der Waals surface area contributed by atoms with E-state index in [0.717, 1.165) is 10.8 Å². The van der Waals surface area contributed by atoms with E-state index in [2.05, 4.69) is 0 Å². The number of carboxylic acids is 1. The number of nitrogens with one attached hydrogen (secondary N) is 1. The number of carbonyl (C=O) groups is 1. The lowest BCUT2D eigenvalue weighted by Crippen LogP contribution is -2.33. The van der Waals surface area contributed by atoms with E-state index in [-0.39, 0.29) is 6.54 Å². The topological polar surface area (TPSA) is 101 Å². The van der Waals surface area contributed by atoms with Gasteiger partial charge < -0.3 is 9.84 Å². The molecule has 1 aromatic heterocycles. The van der Waals surface area contributed by atoms with Crippen molar-refractivity contribution in [3.05, 3.63) is 61.4 Å². The summed E-state index contributed by atoms with van der Waals surface area (Å²) >= 11 is 6.06. The first-order valence-electron chi connectivity index (χ1n) is 5.82.